The van der Waals surface area contributed by atoms with Gasteiger partial charge in [-0.1, -0.05) is 12.1 Å². The van der Waals surface area contributed by atoms with Gasteiger partial charge in [0.05, 0.1) is 6.10 Å². The Morgan fingerprint density at radius 3 is 2.52 bits per heavy atom. The molecular weight excluding hydrogens is 371 g/mol. The molecule has 1 saturated carbocycles. The van der Waals surface area contributed by atoms with Crippen LogP contribution in [-0.4, -0.2) is 23.0 Å². The lowest BCUT2D eigenvalue weighted by Gasteiger charge is -2.22. The Balaban J connectivity index is 1.66. The summed E-state index contributed by atoms with van der Waals surface area (Å²) in [5.74, 6) is -0.0201. The second kappa shape index (κ2) is 8.01. The van der Waals surface area contributed by atoms with E-state index in [9.17, 15) is 14.0 Å². The van der Waals surface area contributed by atoms with Gasteiger partial charge in [-0.25, -0.2) is 4.39 Å². The van der Waals surface area contributed by atoms with Gasteiger partial charge >= 0.3 is 0 Å². The van der Waals surface area contributed by atoms with Crippen LogP contribution in [0, 0.1) is 5.82 Å². The van der Waals surface area contributed by atoms with E-state index in [0.717, 1.165) is 36.1 Å². The SMILES string of the molecule is CC(C)Oc1ccc(C(C[C@H]2CCC(=O)N2)c2ccc(C3CC3)c(=O)[nH]2)cc1F. The van der Waals surface area contributed by atoms with Gasteiger partial charge < -0.3 is 15.0 Å². The zero-order chi connectivity index (χ0) is 20.5. The number of benzene rings is 1. The van der Waals surface area contributed by atoms with Gasteiger partial charge in [0, 0.05) is 29.6 Å². The predicted octanol–water partition coefficient (Wildman–Crippen LogP) is 3.98. The van der Waals surface area contributed by atoms with Crippen LogP contribution in [0.3, 0.4) is 0 Å². The van der Waals surface area contributed by atoms with E-state index in [2.05, 4.69) is 10.3 Å². The van der Waals surface area contributed by atoms with Crippen molar-refractivity contribution in [1.29, 1.82) is 0 Å². The van der Waals surface area contributed by atoms with E-state index in [0.29, 0.717) is 18.8 Å². The van der Waals surface area contributed by atoms with E-state index < -0.39 is 5.82 Å². The van der Waals surface area contributed by atoms with Gasteiger partial charge in [0.25, 0.3) is 5.56 Å². The molecule has 1 aromatic carbocycles. The first-order chi connectivity index (χ1) is 13.9. The Bertz CT molecular complexity index is 965. The lowest BCUT2D eigenvalue weighted by Crippen LogP contribution is -2.28. The number of rotatable bonds is 7. The topological polar surface area (TPSA) is 71.2 Å². The van der Waals surface area contributed by atoms with Crippen LogP contribution in [0.4, 0.5) is 4.39 Å². The van der Waals surface area contributed by atoms with Gasteiger partial charge in [0.1, 0.15) is 0 Å². The molecule has 2 N–H and O–H groups in total. The number of amides is 1. The number of ether oxygens (including phenoxy) is 1. The summed E-state index contributed by atoms with van der Waals surface area (Å²) in [5, 5.41) is 2.98. The van der Waals surface area contributed by atoms with Gasteiger partial charge in [0.15, 0.2) is 11.6 Å². The van der Waals surface area contributed by atoms with Gasteiger partial charge in [-0.05, 0) is 69.2 Å². The molecule has 6 heteroatoms. The molecule has 0 bridgehead atoms. The van der Waals surface area contributed by atoms with Crippen molar-refractivity contribution in [2.75, 3.05) is 0 Å². The van der Waals surface area contributed by atoms with E-state index in [4.69, 9.17) is 4.74 Å². The van der Waals surface area contributed by atoms with Crippen LogP contribution in [0.5, 0.6) is 5.75 Å². The van der Waals surface area contributed by atoms with E-state index >= 15 is 0 Å². The largest absolute Gasteiger partial charge is 0.488 e. The summed E-state index contributed by atoms with van der Waals surface area (Å²) in [6.45, 7) is 3.70. The summed E-state index contributed by atoms with van der Waals surface area (Å²) in [5.41, 5.74) is 2.27. The Morgan fingerprint density at radius 2 is 1.93 bits per heavy atom. The molecule has 5 nitrogen and oxygen atoms in total. The number of H-pyrrole nitrogens is 1. The minimum Gasteiger partial charge on any atom is -0.488 e. The number of carbonyl (C=O) groups is 1. The first kappa shape index (κ1) is 19.7. The van der Waals surface area contributed by atoms with Crippen molar-refractivity contribution in [1.82, 2.24) is 10.3 Å². The van der Waals surface area contributed by atoms with Crippen LogP contribution >= 0.6 is 0 Å². The summed E-state index contributed by atoms with van der Waals surface area (Å²) in [7, 11) is 0. The van der Waals surface area contributed by atoms with Crippen LogP contribution in [-0.2, 0) is 4.79 Å². The van der Waals surface area contributed by atoms with Gasteiger partial charge in [-0.15, -0.1) is 0 Å². The zero-order valence-electron chi connectivity index (χ0n) is 16.8. The third-order valence-corrected chi connectivity index (χ3v) is 5.68. The number of nitrogens with one attached hydrogen (secondary N) is 2. The molecule has 1 amide bonds. The summed E-state index contributed by atoms with van der Waals surface area (Å²) < 4.78 is 20.2. The maximum absolute atomic E-state index is 14.7. The highest BCUT2D eigenvalue weighted by Crippen LogP contribution is 2.39. The highest BCUT2D eigenvalue weighted by atomic mass is 19.1. The summed E-state index contributed by atoms with van der Waals surface area (Å²) in [4.78, 5) is 27.2. The second-order valence-corrected chi connectivity index (χ2v) is 8.42. The number of carbonyl (C=O) groups excluding carboxylic acids is 1. The molecule has 2 aromatic rings. The van der Waals surface area contributed by atoms with Crippen molar-refractivity contribution in [2.45, 2.75) is 69.9 Å². The third kappa shape index (κ3) is 4.52. The maximum atomic E-state index is 14.7. The molecule has 2 atom stereocenters. The highest BCUT2D eigenvalue weighted by Gasteiger charge is 2.29. The molecule has 0 radical (unpaired) electrons. The summed E-state index contributed by atoms with van der Waals surface area (Å²) >= 11 is 0. The lowest BCUT2D eigenvalue weighted by molar-refractivity contribution is -0.119. The third-order valence-electron chi connectivity index (χ3n) is 5.68. The molecule has 1 aromatic heterocycles. The number of halogens is 1. The molecule has 0 spiro atoms. The Hall–Kier alpha value is -2.63. The zero-order valence-corrected chi connectivity index (χ0v) is 16.8. The van der Waals surface area contributed by atoms with Crippen molar-refractivity contribution in [3.8, 4) is 5.75 Å². The van der Waals surface area contributed by atoms with Crippen LogP contribution in [0.15, 0.2) is 35.1 Å². The number of hydrogen-bond donors (Lipinski definition) is 2. The van der Waals surface area contributed by atoms with Crippen LogP contribution in [0.2, 0.25) is 0 Å². The molecule has 2 fully saturated rings. The van der Waals surface area contributed by atoms with Crippen molar-refractivity contribution < 1.29 is 13.9 Å². The van der Waals surface area contributed by atoms with Crippen molar-refractivity contribution in [2.24, 2.45) is 0 Å². The summed E-state index contributed by atoms with van der Waals surface area (Å²) in [6.07, 6.45) is 3.85. The normalized spacial score (nSPS) is 20.0. The molecule has 29 heavy (non-hydrogen) atoms. The molecule has 2 heterocycles. The molecule has 2 aliphatic rings. The monoisotopic (exact) mass is 398 g/mol. The first-order valence-corrected chi connectivity index (χ1v) is 10.4. The highest BCUT2D eigenvalue weighted by molar-refractivity contribution is 5.78. The molecule has 1 saturated heterocycles. The van der Waals surface area contributed by atoms with E-state index in [1.54, 1.807) is 6.07 Å². The van der Waals surface area contributed by atoms with Gasteiger partial charge in [0.2, 0.25) is 5.91 Å². The number of hydrogen-bond acceptors (Lipinski definition) is 3. The Morgan fingerprint density at radius 1 is 1.14 bits per heavy atom. The van der Waals surface area contributed by atoms with E-state index in [-0.39, 0.29) is 35.3 Å². The van der Waals surface area contributed by atoms with E-state index in [1.165, 1.54) is 6.07 Å². The quantitative estimate of drug-likeness (QED) is 0.741. The fourth-order valence-electron chi connectivity index (χ4n) is 4.08. The fourth-order valence-corrected chi connectivity index (χ4v) is 4.08. The molecule has 4 rings (SSSR count). The van der Waals surface area contributed by atoms with Crippen LogP contribution < -0.4 is 15.6 Å². The van der Waals surface area contributed by atoms with Crippen LogP contribution in [0.25, 0.3) is 0 Å². The van der Waals surface area contributed by atoms with Crippen molar-refractivity contribution in [3.63, 3.8) is 0 Å². The molecular formula is C23H27FN2O3. The average Bonchev–Trinajstić information content (AvgIpc) is 3.42. The Kier molecular flexibility index (Phi) is 5.43. The molecule has 1 aliphatic carbocycles. The van der Waals surface area contributed by atoms with Crippen molar-refractivity contribution >= 4 is 5.91 Å². The first-order valence-electron chi connectivity index (χ1n) is 10.4. The standard InChI is InChI=1S/C23H27FN2O3/c1-13(2)29-21-9-5-15(11-19(21)24)18(12-16-6-10-22(27)25-16)20-8-7-17(14-3-4-14)23(28)26-20/h5,7-9,11,13-14,16,18H,3-4,6,10,12H2,1-2H3,(H,25,27)(H,26,28)/t16-,18?/m1/s1. The fraction of sp³-hybridized carbons (Fsp3) is 0.478. The predicted molar refractivity (Wildman–Crippen MR) is 109 cm³/mol. The smallest absolute Gasteiger partial charge is 0.251 e. The molecule has 1 unspecified atom stereocenters. The lowest BCUT2D eigenvalue weighted by atomic mass is 9.88. The van der Waals surface area contributed by atoms with E-state index in [1.807, 2.05) is 32.0 Å². The van der Waals surface area contributed by atoms with Gasteiger partial charge in [-0.2, -0.15) is 0 Å². The van der Waals surface area contributed by atoms with Gasteiger partial charge in [-0.3, -0.25) is 9.59 Å². The minimum atomic E-state index is -0.423. The summed E-state index contributed by atoms with van der Waals surface area (Å²) in [6, 6.07) is 8.81. The van der Waals surface area contributed by atoms with Crippen molar-refractivity contribution in [3.05, 3.63) is 63.3 Å². The second-order valence-electron chi connectivity index (χ2n) is 8.42. The average molecular weight is 398 g/mol. The maximum Gasteiger partial charge on any atom is 0.251 e. The molecule has 1 aliphatic heterocycles. The minimum absolute atomic E-state index is 0.00811. The number of pyridine rings is 1. The number of aromatic amines is 1. The number of aromatic nitrogens is 1. The molecule has 154 valence electrons. The Labute approximate surface area is 169 Å². The van der Waals surface area contributed by atoms with Crippen LogP contribution in [0.1, 0.15) is 74.6 Å².